The van der Waals surface area contributed by atoms with Gasteiger partial charge in [0.25, 0.3) is 5.91 Å². The van der Waals surface area contributed by atoms with E-state index in [1.54, 1.807) is 43.6 Å². The minimum atomic E-state index is -0.191. The number of phenolic OH excluding ortho intramolecular Hbond substituents is 1. The maximum Gasteiger partial charge on any atom is 0.251 e. The number of nitrogens with one attached hydrogen (secondary N) is 2. The van der Waals surface area contributed by atoms with Crippen LogP contribution in [0.4, 0.5) is 0 Å². The molecule has 8 heteroatoms. The Kier molecular flexibility index (Phi) is 6.23. The first-order chi connectivity index (χ1) is 18.6. The number of benzene rings is 3. The number of methoxy groups -OCH3 is 1. The summed E-state index contributed by atoms with van der Waals surface area (Å²) in [6.45, 7) is 1.03. The number of phenols is 1. The van der Waals surface area contributed by atoms with Gasteiger partial charge in [0.2, 0.25) is 5.88 Å². The normalized spacial score (nSPS) is 14.7. The average Bonchev–Trinajstić information content (AvgIpc) is 3.39. The number of aromatic amines is 1. The minimum absolute atomic E-state index is 0.0846. The average molecular weight is 507 g/mol. The van der Waals surface area contributed by atoms with Crippen LogP contribution < -0.4 is 10.1 Å². The van der Waals surface area contributed by atoms with E-state index in [4.69, 9.17) is 9.47 Å². The Bertz CT molecular complexity index is 1640. The van der Waals surface area contributed by atoms with Crippen LogP contribution in [0.2, 0.25) is 0 Å². The number of pyridine rings is 1. The maximum absolute atomic E-state index is 13.0. The predicted molar refractivity (Wildman–Crippen MR) is 144 cm³/mol. The zero-order valence-corrected chi connectivity index (χ0v) is 20.8. The molecule has 0 saturated carbocycles. The summed E-state index contributed by atoms with van der Waals surface area (Å²) in [6, 6.07) is 22.5. The number of nitrogens with zero attached hydrogens (tertiary/aromatic N) is 2. The summed E-state index contributed by atoms with van der Waals surface area (Å²) >= 11 is 0. The highest BCUT2D eigenvalue weighted by atomic mass is 16.5. The predicted octanol–water partition coefficient (Wildman–Crippen LogP) is 5.05. The van der Waals surface area contributed by atoms with Gasteiger partial charge in [-0.3, -0.25) is 4.79 Å². The first-order valence-corrected chi connectivity index (χ1v) is 12.4. The molecule has 1 aliphatic rings. The highest BCUT2D eigenvalue weighted by Crippen LogP contribution is 2.36. The second-order valence-electron chi connectivity index (χ2n) is 9.13. The molecule has 5 aromatic rings. The molecule has 0 aliphatic carbocycles. The third-order valence-electron chi connectivity index (χ3n) is 6.81. The summed E-state index contributed by atoms with van der Waals surface area (Å²) in [7, 11) is 1.57. The highest BCUT2D eigenvalue weighted by molar-refractivity contribution is 5.97. The van der Waals surface area contributed by atoms with Crippen LogP contribution in [0.3, 0.4) is 0 Å². The zero-order chi connectivity index (χ0) is 26.1. The molecule has 0 bridgehead atoms. The molecule has 0 spiro atoms. The van der Waals surface area contributed by atoms with E-state index in [9.17, 15) is 9.90 Å². The third-order valence-corrected chi connectivity index (χ3v) is 6.81. The van der Waals surface area contributed by atoms with Crippen molar-refractivity contribution < 1.29 is 19.4 Å². The van der Waals surface area contributed by atoms with Gasteiger partial charge in [0.05, 0.1) is 30.3 Å². The van der Waals surface area contributed by atoms with Gasteiger partial charge in [-0.15, -0.1) is 0 Å². The molecule has 6 rings (SSSR count). The fraction of sp³-hybridized carbons (Fsp3) is 0.167. The van der Waals surface area contributed by atoms with Gasteiger partial charge in [0.1, 0.15) is 17.7 Å². The summed E-state index contributed by atoms with van der Waals surface area (Å²) in [6.07, 6.45) is 2.38. The van der Waals surface area contributed by atoms with Gasteiger partial charge in [-0.25, -0.2) is 9.97 Å². The molecule has 2 aromatic heterocycles. The molecule has 1 amide bonds. The maximum atomic E-state index is 13.0. The van der Waals surface area contributed by atoms with Gasteiger partial charge in [-0.1, -0.05) is 30.3 Å². The number of fused-ring (bicyclic) bond motifs is 2. The number of H-pyrrole nitrogens is 1. The van der Waals surface area contributed by atoms with Crippen molar-refractivity contribution in [2.24, 2.45) is 0 Å². The molecule has 38 heavy (non-hydrogen) atoms. The molecule has 3 N–H and O–H groups in total. The fourth-order valence-corrected chi connectivity index (χ4v) is 4.88. The lowest BCUT2D eigenvalue weighted by Crippen LogP contribution is -2.31. The van der Waals surface area contributed by atoms with E-state index in [0.29, 0.717) is 47.0 Å². The summed E-state index contributed by atoms with van der Waals surface area (Å²) in [5.41, 5.74) is 6.43. The van der Waals surface area contributed by atoms with Crippen molar-refractivity contribution in [1.82, 2.24) is 20.3 Å². The fourth-order valence-electron chi connectivity index (χ4n) is 4.88. The number of hydrogen-bond donors (Lipinski definition) is 3. The van der Waals surface area contributed by atoms with Crippen LogP contribution in [0, 0.1) is 0 Å². The Labute approximate surface area is 219 Å². The zero-order valence-electron chi connectivity index (χ0n) is 20.8. The second-order valence-corrected chi connectivity index (χ2v) is 9.13. The largest absolute Gasteiger partial charge is 0.507 e. The molecule has 1 unspecified atom stereocenters. The van der Waals surface area contributed by atoms with Crippen molar-refractivity contribution in [2.45, 2.75) is 12.5 Å². The Balaban J connectivity index is 1.24. The van der Waals surface area contributed by atoms with Crippen molar-refractivity contribution >= 4 is 16.9 Å². The van der Waals surface area contributed by atoms with Gasteiger partial charge in [0.15, 0.2) is 0 Å². The molecule has 1 atom stereocenters. The summed E-state index contributed by atoms with van der Waals surface area (Å²) in [4.78, 5) is 25.1. The van der Waals surface area contributed by atoms with Crippen molar-refractivity contribution in [3.05, 3.63) is 95.7 Å². The third kappa shape index (κ3) is 4.46. The molecular formula is C30H26N4O4. The van der Waals surface area contributed by atoms with E-state index in [2.05, 4.69) is 32.4 Å². The minimum Gasteiger partial charge on any atom is -0.507 e. The number of rotatable bonds is 6. The van der Waals surface area contributed by atoms with E-state index in [0.717, 1.165) is 23.1 Å². The number of aromatic hydroxyl groups is 1. The molecule has 0 saturated heterocycles. The molecule has 3 heterocycles. The van der Waals surface area contributed by atoms with Crippen LogP contribution in [0.5, 0.6) is 11.6 Å². The number of carbonyl (C=O) groups is 1. The number of carbonyl (C=O) groups excluding carboxylic acids is 1. The van der Waals surface area contributed by atoms with Crippen LogP contribution in [0.25, 0.3) is 33.5 Å². The van der Waals surface area contributed by atoms with Gasteiger partial charge in [-0.2, -0.15) is 0 Å². The molecule has 190 valence electrons. The van der Waals surface area contributed by atoms with Crippen LogP contribution in [-0.4, -0.2) is 46.2 Å². The lowest BCUT2D eigenvalue weighted by atomic mass is 9.97. The number of ether oxygens (including phenoxy) is 2. The SMILES string of the molecule is COc1ncccc1-c1ccc(O)c(-c2nc3ccc(C(=O)NCC4OCCc5ccccc54)cc3[nH]2)c1. The monoisotopic (exact) mass is 506 g/mol. The van der Waals surface area contributed by atoms with Crippen molar-refractivity contribution in [2.75, 3.05) is 20.3 Å². The van der Waals surface area contributed by atoms with Crippen LogP contribution in [0.15, 0.2) is 79.0 Å². The van der Waals surface area contributed by atoms with Crippen LogP contribution in [0.1, 0.15) is 27.6 Å². The second kappa shape index (κ2) is 9.99. The number of imidazole rings is 1. The quantitative estimate of drug-likeness (QED) is 0.297. The van der Waals surface area contributed by atoms with Gasteiger partial charge in [0, 0.05) is 23.9 Å². The molecule has 3 aromatic carbocycles. The topological polar surface area (TPSA) is 109 Å². The Morgan fingerprint density at radius 3 is 2.89 bits per heavy atom. The Hall–Kier alpha value is -4.69. The number of hydrogen-bond acceptors (Lipinski definition) is 6. The smallest absolute Gasteiger partial charge is 0.251 e. The van der Waals surface area contributed by atoms with Crippen molar-refractivity contribution in [3.8, 4) is 34.1 Å². The molecule has 8 nitrogen and oxygen atoms in total. The van der Waals surface area contributed by atoms with Crippen molar-refractivity contribution in [1.29, 1.82) is 0 Å². The van der Waals surface area contributed by atoms with Crippen LogP contribution in [-0.2, 0) is 11.2 Å². The standard InChI is InChI=1S/C30H26N4O4/c1-37-30-22(7-4-13-31-30)19-9-11-26(35)23(15-19)28-33-24-10-8-20(16-25(24)34-28)29(36)32-17-27-21-6-3-2-5-18(21)12-14-38-27/h2-11,13,15-16,27,35H,12,14,17H2,1H3,(H,32,36)(H,33,34). The summed E-state index contributed by atoms with van der Waals surface area (Å²) in [5, 5.41) is 13.6. The molecule has 0 radical (unpaired) electrons. The lowest BCUT2D eigenvalue weighted by Gasteiger charge is -2.26. The first kappa shape index (κ1) is 23.7. The van der Waals surface area contributed by atoms with E-state index in [-0.39, 0.29) is 17.8 Å². The van der Waals surface area contributed by atoms with Gasteiger partial charge in [-0.05, 0) is 65.6 Å². The summed E-state index contributed by atoms with van der Waals surface area (Å²) in [5.74, 6) is 0.878. The Morgan fingerprint density at radius 2 is 2.00 bits per heavy atom. The van der Waals surface area contributed by atoms with E-state index < -0.39 is 0 Å². The van der Waals surface area contributed by atoms with Crippen LogP contribution >= 0.6 is 0 Å². The number of amides is 1. The van der Waals surface area contributed by atoms with E-state index >= 15 is 0 Å². The van der Waals surface area contributed by atoms with Crippen molar-refractivity contribution in [3.63, 3.8) is 0 Å². The molecular weight excluding hydrogens is 480 g/mol. The molecule has 0 fully saturated rings. The number of aromatic nitrogens is 3. The van der Waals surface area contributed by atoms with E-state index in [1.807, 2.05) is 30.3 Å². The van der Waals surface area contributed by atoms with Gasteiger partial charge >= 0.3 is 0 Å². The highest BCUT2D eigenvalue weighted by Gasteiger charge is 2.21. The van der Waals surface area contributed by atoms with E-state index in [1.165, 1.54) is 5.56 Å². The lowest BCUT2D eigenvalue weighted by molar-refractivity contribution is 0.0411. The Morgan fingerprint density at radius 1 is 1.11 bits per heavy atom. The molecule has 1 aliphatic heterocycles. The summed E-state index contributed by atoms with van der Waals surface area (Å²) < 4.78 is 11.3. The van der Waals surface area contributed by atoms with Gasteiger partial charge < -0.3 is 24.9 Å². The first-order valence-electron chi connectivity index (χ1n) is 12.4.